The van der Waals surface area contributed by atoms with Crippen molar-refractivity contribution in [3.8, 4) is 11.5 Å². The number of hydrogen-bond acceptors (Lipinski definition) is 6. The summed E-state index contributed by atoms with van der Waals surface area (Å²) in [5.41, 5.74) is 1.07. The smallest absolute Gasteiger partial charge is 0.226 e. The van der Waals surface area contributed by atoms with Crippen LogP contribution in [-0.4, -0.2) is 37.4 Å². The third kappa shape index (κ3) is 4.26. The molecule has 6 nitrogen and oxygen atoms in total. The minimum Gasteiger partial charge on any atom is -0.493 e. The zero-order valence-corrected chi connectivity index (χ0v) is 14.4. The van der Waals surface area contributed by atoms with Gasteiger partial charge in [-0.15, -0.1) is 0 Å². The van der Waals surface area contributed by atoms with Crippen molar-refractivity contribution >= 4 is 0 Å². The Morgan fingerprint density at radius 1 is 1.17 bits per heavy atom. The van der Waals surface area contributed by atoms with Gasteiger partial charge in [-0.2, -0.15) is 4.98 Å². The Kier molecular flexibility index (Phi) is 5.69. The molecule has 1 aliphatic heterocycles. The van der Waals surface area contributed by atoms with E-state index in [0.717, 1.165) is 49.1 Å². The van der Waals surface area contributed by atoms with Crippen LogP contribution in [0, 0.1) is 5.92 Å². The van der Waals surface area contributed by atoms with E-state index in [0.29, 0.717) is 18.0 Å². The van der Waals surface area contributed by atoms with Crippen molar-refractivity contribution in [2.24, 2.45) is 5.92 Å². The van der Waals surface area contributed by atoms with Gasteiger partial charge in [-0.05, 0) is 56.0 Å². The monoisotopic (exact) mass is 331 g/mol. The Balaban J connectivity index is 1.57. The number of rotatable bonds is 7. The summed E-state index contributed by atoms with van der Waals surface area (Å²) in [6.45, 7) is 2.25. The van der Waals surface area contributed by atoms with Crippen LogP contribution in [-0.2, 0) is 12.8 Å². The van der Waals surface area contributed by atoms with Crippen LogP contribution in [0.2, 0.25) is 0 Å². The van der Waals surface area contributed by atoms with Gasteiger partial charge in [0.05, 0.1) is 14.2 Å². The van der Waals surface area contributed by atoms with E-state index >= 15 is 0 Å². The Hall–Kier alpha value is -2.08. The van der Waals surface area contributed by atoms with Crippen molar-refractivity contribution in [3.63, 3.8) is 0 Å². The van der Waals surface area contributed by atoms with Crippen LogP contribution in [0.3, 0.4) is 0 Å². The van der Waals surface area contributed by atoms with Crippen LogP contribution >= 0.6 is 0 Å². The normalized spacial score (nSPS) is 15.4. The molecule has 1 aromatic heterocycles. The highest BCUT2D eigenvalue weighted by Crippen LogP contribution is 2.28. The third-order valence-corrected chi connectivity index (χ3v) is 4.55. The van der Waals surface area contributed by atoms with E-state index in [1.54, 1.807) is 14.2 Å². The average molecular weight is 331 g/mol. The Morgan fingerprint density at radius 3 is 2.71 bits per heavy atom. The summed E-state index contributed by atoms with van der Waals surface area (Å²) >= 11 is 0. The number of aryl methyl sites for hydroxylation is 1. The third-order valence-electron chi connectivity index (χ3n) is 4.55. The first kappa shape index (κ1) is 16.8. The van der Waals surface area contributed by atoms with Crippen LogP contribution in [0.5, 0.6) is 11.5 Å². The van der Waals surface area contributed by atoms with E-state index < -0.39 is 0 Å². The first-order chi connectivity index (χ1) is 11.8. The molecule has 0 amide bonds. The fourth-order valence-electron chi connectivity index (χ4n) is 3.13. The quantitative estimate of drug-likeness (QED) is 0.841. The molecular formula is C18H25N3O3. The lowest BCUT2D eigenvalue weighted by Crippen LogP contribution is -2.27. The molecule has 0 bridgehead atoms. The second-order valence-corrected chi connectivity index (χ2v) is 6.20. The number of aromatic nitrogens is 2. The second kappa shape index (κ2) is 8.15. The molecule has 3 rings (SSSR count). The van der Waals surface area contributed by atoms with Gasteiger partial charge in [-0.1, -0.05) is 11.2 Å². The van der Waals surface area contributed by atoms with E-state index in [9.17, 15) is 0 Å². The fourth-order valence-corrected chi connectivity index (χ4v) is 3.13. The molecule has 0 saturated carbocycles. The maximum Gasteiger partial charge on any atom is 0.226 e. The molecule has 0 unspecified atom stereocenters. The molecule has 1 fully saturated rings. The fraction of sp³-hybridized carbons (Fsp3) is 0.556. The molecule has 1 aliphatic rings. The van der Waals surface area contributed by atoms with Gasteiger partial charge in [0, 0.05) is 12.8 Å². The molecular weight excluding hydrogens is 306 g/mol. The summed E-state index contributed by atoms with van der Waals surface area (Å²) in [6.07, 6.45) is 5.10. The summed E-state index contributed by atoms with van der Waals surface area (Å²) in [7, 11) is 3.26. The molecule has 0 atom stereocenters. The van der Waals surface area contributed by atoms with E-state index in [1.165, 1.54) is 12.8 Å². The molecule has 6 heteroatoms. The molecule has 2 aromatic rings. The predicted octanol–water partition coefficient (Wildman–Crippen LogP) is 2.61. The number of methoxy groups -OCH3 is 2. The van der Waals surface area contributed by atoms with E-state index in [2.05, 4.69) is 15.5 Å². The Morgan fingerprint density at radius 2 is 1.96 bits per heavy atom. The maximum absolute atomic E-state index is 5.40. The molecule has 1 aromatic carbocycles. The number of nitrogens with one attached hydrogen (secondary N) is 1. The molecule has 1 saturated heterocycles. The van der Waals surface area contributed by atoms with E-state index in [-0.39, 0.29) is 0 Å². The standard InChI is InChI=1S/C18H25N3O3/c1-22-15-5-3-14(11-16(15)23-2)12-17-20-18(24-21-17)6-4-13-7-9-19-10-8-13/h3,5,11,13,19H,4,6-10,12H2,1-2H3. The molecule has 24 heavy (non-hydrogen) atoms. The van der Waals surface area contributed by atoms with Gasteiger partial charge in [0.15, 0.2) is 17.3 Å². The Labute approximate surface area is 142 Å². The van der Waals surface area contributed by atoms with Crippen molar-refractivity contribution in [2.45, 2.75) is 32.1 Å². The van der Waals surface area contributed by atoms with Gasteiger partial charge in [-0.25, -0.2) is 0 Å². The number of benzene rings is 1. The van der Waals surface area contributed by atoms with Crippen LogP contribution in [0.25, 0.3) is 0 Å². The van der Waals surface area contributed by atoms with Gasteiger partial charge in [0.1, 0.15) is 0 Å². The van der Waals surface area contributed by atoms with Gasteiger partial charge in [0.2, 0.25) is 5.89 Å². The summed E-state index contributed by atoms with van der Waals surface area (Å²) in [5, 5.41) is 7.49. The van der Waals surface area contributed by atoms with Gasteiger partial charge in [0.25, 0.3) is 0 Å². The van der Waals surface area contributed by atoms with Crippen LogP contribution in [0.15, 0.2) is 22.7 Å². The number of hydrogen-bond donors (Lipinski definition) is 1. The lowest BCUT2D eigenvalue weighted by atomic mass is 9.93. The van der Waals surface area contributed by atoms with E-state index in [4.69, 9.17) is 14.0 Å². The van der Waals surface area contributed by atoms with Crippen molar-refractivity contribution in [1.82, 2.24) is 15.5 Å². The summed E-state index contributed by atoms with van der Waals surface area (Å²) < 4.78 is 16.0. The first-order valence-corrected chi connectivity index (χ1v) is 8.51. The zero-order valence-electron chi connectivity index (χ0n) is 14.4. The lowest BCUT2D eigenvalue weighted by Gasteiger charge is -2.21. The SMILES string of the molecule is COc1ccc(Cc2noc(CCC3CCNCC3)n2)cc1OC. The van der Waals surface area contributed by atoms with Gasteiger partial charge < -0.3 is 19.3 Å². The Bertz CT molecular complexity index is 651. The average Bonchev–Trinajstić information content (AvgIpc) is 3.08. The second-order valence-electron chi connectivity index (χ2n) is 6.20. The number of ether oxygens (including phenoxy) is 2. The molecule has 0 radical (unpaired) electrons. The van der Waals surface area contributed by atoms with Crippen LogP contribution in [0.1, 0.15) is 36.5 Å². The summed E-state index contributed by atoms with van der Waals surface area (Å²) in [6, 6.07) is 5.84. The molecule has 0 spiro atoms. The molecule has 1 N–H and O–H groups in total. The summed E-state index contributed by atoms with van der Waals surface area (Å²) in [5.74, 6) is 3.65. The van der Waals surface area contributed by atoms with Gasteiger partial charge >= 0.3 is 0 Å². The number of piperidine rings is 1. The van der Waals surface area contributed by atoms with Crippen molar-refractivity contribution in [3.05, 3.63) is 35.5 Å². The summed E-state index contributed by atoms with van der Waals surface area (Å²) in [4.78, 5) is 4.52. The van der Waals surface area contributed by atoms with Crippen LogP contribution in [0.4, 0.5) is 0 Å². The maximum atomic E-state index is 5.40. The minimum absolute atomic E-state index is 0.622. The highest BCUT2D eigenvalue weighted by molar-refractivity contribution is 5.43. The molecule has 130 valence electrons. The van der Waals surface area contributed by atoms with Crippen molar-refractivity contribution in [2.75, 3.05) is 27.3 Å². The molecule has 2 heterocycles. The topological polar surface area (TPSA) is 69.4 Å². The van der Waals surface area contributed by atoms with Crippen molar-refractivity contribution < 1.29 is 14.0 Å². The zero-order chi connectivity index (χ0) is 16.8. The van der Waals surface area contributed by atoms with Crippen LogP contribution < -0.4 is 14.8 Å². The highest BCUT2D eigenvalue weighted by atomic mass is 16.5. The predicted molar refractivity (Wildman–Crippen MR) is 90.6 cm³/mol. The number of nitrogens with zero attached hydrogens (tertiary/aromatic N) is 2. The van der Waals surface area contributed by atoms with Crippen molar-refractivity contribution in [1.29, 1.82) is 0 Å². The van der Waals surface area contributed by atoms with Gasteiger partial charge in [-0.3, -0.25) is 0 Å². The highest BCUT2D eigenvalue weighted by Gasteiger charge is 2.15. The minimum atomic E-state index is 0.622. The largest absolute Gasteiger partial charge is 0.493 e. The lowest BCUT2D eigenvalue weighted by molar-refractivity contribution is 0.323. The van der Waals surface area contributed by atoms with E-state index in [1.807, 2.05) is 18.2 Å². The first-order valence-electron chi connectivity index (χ1n) is 8.51. The molecule has 0 aliphatic carbocycles.